The smallest absolute Gasteiger partial charge is 0.328 e. The van der Waals surface area contributed by atoms with Crippen LogP contribution in [0.15, 0.2) is 60.7 Å². The molecule has 3 amide bonds. The first-order chi connectivity index (χ1) is 17.2. The van der Waals surface area contributed by atoms with Crippen LogP contribution in [-0.4, -0.2) is 36.0 Å². The van der Waals surface area contributed by atoms with E-state index in [1.165, 1.54) is 13.2 Å². The molecule has 3 aromatic rings. The van der Waals surface area contributed by atoms with Crippen LogP contribution in [-0.2, 0) is 16.1 Å². The van der Waals surface area contributed by atoms with E-state index in [0.717, 1.165) is 28.8 Å². The van der Waals surface area contributed by atoms with E-state index < -0.39 is 29.7 Å². The van der Waals surface area contributed by atoms with E-state index in [1.54, 1.807) is 35.2 Å². The number of ether oxygens (including phenoxy) is 1. The Kier molecular flexibility index (Phi) is 7.00. The second kappa shape index (κ2) is 10.2. The second-order valence-corrected chi connectivity index (χ2v) is 8.80. The van der Waals surface area contributed by atoms with E-state index in [1.807, 2.05) is 26.0 Å². The molecule has 1 heterocycles. The lowest BCUT2D eigenvalue weighted by molar-refractivity contribution is -0.147. The fraction of sp³-hybridized carbons (Fsp3) is 0.222. The monoisotopic (exact) mass is 493 g/mol. The van der Waals surface area contributed by atoms with Crippen molar-refractivity contribution in [1.82, 2.24) is 4.90 Å². The summed E-state index contributed by atoms with van der Waals surface area (Å²) in [5, 5.41) is 5.07. The number of urea groups is 1. The maximum absolute atomic E-state index is 13.3. The summed E-state index contributed by atoms with van der Waals surface area (Å²) >= 11 is 0. The topological polar surface area (TPSA) is 87.7 Å². The van der Waals surface area contributed by atoms with Gasteiger partial charge in [0.2, 0.25) is 0 Å². The van der Waals surface area contributed by atoms with Gasteiger partial charge in [0, 0.05) is 29.5 Å². The van der Waals surface area contributed by atoms with Crippen molar-refractivity contribution in [3.8, 4) is 11.1 Å². The Morgan fingerprint density at radius 2 is 1.53 bits per heavy atom. The minimum atomic E-state index is -1.06. The highest BCUT2D eigenvalue weighted by atomic mass is 19.2. The number of anilines is 2. The third kappa shape index (κ3) is 5.05. The molecule has 0 radical (unpaired) electrons. The van der Waals surface area contributed by atoms with Gasteiger partial charge in [0.15, 0.2) is 11.6 Å². The number of amides is 3. The molecule has 36 heavy (non-hydrogen) atoms. The molecule has 186 valence electrons. The highest BCUT2D eigenvalue weighted by Crippen LogP contribution is 2.32. The van der Waals surface area contributed by atoms with Gasteiger partial charge in [0.05, 0.1) is 7.11 Å². The molecule has 9 heteroatoms. The van der Waals surface area contributed by atoms with E-state index in [9.17, 15) is 23.2 Å². The van der Waals surface area contributed by atoms with Crippen molar-refractivity contribution in [1.29, 1.82) is 0 Å². The van der Waals surface area contributed by atoms with Crippen molar-refractivity contribution in [2.24, 2.45) is 5.92 Å². The highest BCUT2D eigenvalue weighted by molar-refractivity contribution is 6.02. The molecule has 3 aromatic carbocycles. The van der Waals surface area contributed by atoms with Crippen LogP contribution in [0.4, 0.5) is 25.0 Å². The number of nitrogens with one attached hydrogen (secondary N) is 2. The van der Waals surface area contributed by atoms with Crippen LogP contribution < -0.4 is 10.6 Å². The fourth-order valence-electron chi connectivity index (χ4n) is 4.22. The van der Waals surface area contributed by atoms with Crippen LogP contribution in [0.1, 0.15) is 29.8 Å². The van der Waals surface area contributed by atoms with E-state index in [-0.39, 0.29) is 17.5 Å². The minimum Gasteiger partial charge on any atom is -0.467 e. The molecule has 0 unspecified atom stereocenters. The van der Waals surface area contributed by atoms with Crippen molar-refractivity contribution >= 4 is 29.3 Å². The zero-order valence-electron chi connectivity index (χ0n) is 20.0. The maximum atomic E-state index is 13.3. The molecule has 0 saturated carbocycles. The fourth-order valence-corrected chi connectivity index (χ4v) is 4.22. The Balaban J connectivity index is 1.46. The van der Waals surface area contributed by atoms with Gasteiger partial charge in [-0.25, -0.2) is 18.4 Å². The number of hydrogen-bond donors (Lipinski definition) is 2. The quantitative estimate of drug-likeness (QED) is 0.449. The number of halogens is 2. The average molecular weight is 494 g/mol. The first kappa shape index (κ1) is 24.8. The van der Waals surface area contributed by atoms with Crippen molar-refractivity contribution in [2.75, 3.05) is 17.7 Å². The van der Waals surface area contributed by atoms with Crippen LogP contribution >= 0.6 is 0 Å². The number of carbonyl (C=O) groups excluding carboxylic acids is 3. The van der Waals surface area contributed by atoms with Gasteiger partial charge in [-0.15, -0.1) is 0 Å². The summed E-state index contributed by atoms with van der Waals surface area (Å²) < 4.78 is 31.3. The first-order valence-electron chi connectivity index (χ1n) is 11.3. The lowest BCUT2D eigenvalue weighted by Crippen LogP contribution is -2.45. The number of methoxy groups -OCH3 is 1. The number of esters is 1. The van der Waals surface area contributed by atoms with Crippen LogP contribution in [0.2, 0.25) is 0 Å². The SMILES string of the molecule is COC(=O)[C@H](C(C)C)N1Cc2ccc(-c3ccc(NC(=O)Nc4ccc(F)c(F)c4)cc3)cc2C1=O. The molecule has 4 rings (SSSR count). The van der Waals surface area contributed by atoms with Gasteiger partial charge in [0.1, 0.15) is 6.04 Å². The van der Waals surface area contributed by atoms with Crippen molar-refractivity contribution in [3.63, 3.8) is 0 Å². The molecular weight excluding hydrogens is 468 g/mol. The summed E-state index contributed by atoms with van der Waals surface area (Å²) in [6, 6.07) is 14.3. The predicted molar refractivity (Wildman–Crippen MR) is 131 cm³/mol. The number of carbonyl (C=O) groups is 3. The maximum Gasteiger partial charge on any atom is 0.328 e. The van der Waals surface area contributed by atoms with Gasteiger partial charge in [-0.1, -0.05) is 38.1 Å². The third-order valence-corrected chi connectivity index (χ3v) is 6.01. The number of fused-ring (bicyclic) bond motifs is 1. The molecule has 0 bridgehead atoms. The van der Waals surface area contributed by atoms with Crippen LogP contribution in [0.25, 0.3) is 11.1 Å². The Hall–Kier alpha value is -4.27. The standard InChI is InChI=1S/C27H25F2N3O4/c1-15(2)24(26(34)36-3)32-14-18-5-4-17(12-21(18)25(32)33)16-6-8-19(9-7-16)30-27(35)31-20-10-11-22(28)23(29)13-20/h4-13,15,24H,14H2,1-3H3,(H2,30,31,35)/t24-/m0/s1. The molecule has 1 aliphatic rings. The molecule has 0 fully saturated rings. The Morgan fingerprint density at radius 1 is 0.889 bits per heavy atom. The molecule has 2 N–H and O–H groups in total. The molecule has 1 aliphatic heterocycles. The summed E-state index contributed by atoms with van der Waals surface area (Å²) in [4.78, 5) is 39.1. The van der Waals surface area contributed by atoms with E-state index in [4.69, 9.17) is 4.74 Å². The lowest BCUT2D eigenvalue weighted by Gasteiger charge is -2.28. The number of hydrogen-bond acceptors (Lipinski definition) is 4. The van der Waals surface area contributed by atoms with E-state index in [2.05, 4.69) is 10.6 Å². The van der Waals surface area contributed by atoms with Gasteiger partial charge < -0.3 is 20.3 Å². The first-order valence-corrected chi connectivity index (χ1v) is 11.3. The molecule has 1 atom stereocenters. The van der Waals surface area contributed by atoms with Crippen molar-refractivity contribution in [2.45, 2.75) is 26.4 Å². The summed E-state index contributed by atoms with van der Waals surface area (Å²) in [5.41, 5.74) is 3.61. The van der Waals surface area contributed by atoms with E-state index >= 15 is 0 Å². The molecular formula is C27H25F2N3O4. The number of rotatable bonds is 6. The molecule has 0 saturated heterocycles. The Labute approximate surface area is 207 Å². The predicted octanol–water partition coefficient (Wildman–Crippen LogP) is 5.43. The summed E-state index contributed by atoms with van der Waals surface area (Å²) in [6.45, 7) is 4.08. The zero-order chi connectivity index (χ0) is 26.0. The summed E-state index contributed by atoms with van der Waals surface area (Å²) in [5.74, 6) is -2.82. The lowest BCUT2D eigenvalue weighted by atomic mass is 10.00. The summed E-state index contributed by atoms with van der Waals surface area (Å²) in [6.07, 6.45) is 0. The van der Waals surface area contributed by atoms with Gasteiger partial charge in [-0.3, -0.25) is 4.79 Å². The van der Waals surface area contributed by atoms with Crippen LogP contribution in [0, 0.1) is 17.6 Å². The molecule has 7 nitrogen and oxygen atoms in total. The van der Waals surface area contributed by atoms with Gasteiger partial charge in [0.25, 0.3) is 5.91 Å². The minimum absolute atomic E-state index is 0.102. The van der Waals surface area contributed by atoms with Gasteiger partial charge in [-0.2, -0.15) is 0 Å². The van der Waals surface area contributed by atoms with Crippen LogP contribution in [0.5, 0.6) is 0 Å². The van der Waals surface area contributed by atoms with Crippen LogP contribution in [0.3, 0.4) is 0 Å². The summed E-state index contributed by atoms with van der Waals surface area (Å²) in [7, 11) is 1.31. The van der Waals surface area contributed by atoms with Gasteiger partial charge in [-0.05, 0) is 52.9 Å². The average Bonchev–Trinajstić information content (AvgIpc) is 3.17. The van der Waals surface area contributed by atoms with E-state index in [0.29, 0.717) is 17.8 Å². The molecule has 0 aliphatic carbocycles. The Morgan fingerprint density at radius 3 is 2.17 bits per heavy atom. The van der Waals surface area contributed by atoms with Gasteiger partial charge >= 0.3 is 12.0 Å². The number of benzene rings is 3. The normalized spacial score (nSPS) is 13.4. The largest absolute Gasteiger partial charge is 0.467 e. The molecule has 0 spiro atoms. The van der Waals surface area contributed by atoms with Crippen molar-refractivity contribution in [3.05, 3.63) is 83.4 Å². The second-order valence-electron chi connectivity index (χ2n) is 8.80. The Bertz CT molecular complexity index is 1330. The third-order valence-electron chi connectivity index (χ3n) is 6.01. The molecule has 0 aromatic heterocycles. The highest BCUT2D eigenvalue weighted by Gasteiger charge is 2.38. The number of nitrogens with zero attached hydrogens (tertiary/aromatic N) is 1. The van der Waals surface area contributed by atoms with Crippen molar-refractivity contribution < 1.29 is 27.9 Å². The zero-order valence-corrected chi connectivity index (χ0v) is 20.0.